The van der Waals surface area contributed by atoms with Crippen LogP contribution in [0.2, 0.25) is 5.02 Å². The summed E-state index contributed by atoms with van der Waals surface area (Å²) < 4.78 is 7.81. The molecule has 38 heavy (non-hydrogen) atoms. The van der Waals surface area contributed by atoms with E-state index < -0.39 is 0 Å². The van der Waals surface area contributed by atoms with Crippen LogP contribution < -0.4 is 20.3 Å². The molecule has 0 saturated carbocycles. The summed E-state index contributed by atoms with van der Waals surface area (Å²) in [4.78, 5) is 26.0. The maximum Gasteiger partial charge on any atom is 0.247 e. The van der Waals surface area contributed by atoms with Crippen molar-refractivity contribution in [2.24, 2.45) is 7.05 Å². The van der Waals surface area contributed by atoms with Crippen LogP contribution in [0.25, 0.3) is 11.3 Å². The second-order valence-electron chi connectivity index (χ2n) is 9.84. The minimum atomic E-state index is -0.286. The fourth-order valence-corrected chi connectivity index (χ4v) is 5.18. The van der Waals surface area contributed by atoms with Gasteiger partial charge in [0.25, 0.3) is 0 Å². The Labute approximate surface area is 229 Å². The van der Waals surface area contributed by atoms with Gasteiger partial charge < -0.3 is 29.7 Å². The minimum Gasteiger partial charge on any atom is -0.494 e. The lowest BCUT2D eigenvalue weighted by Crippen LogP contribution is -2.42. The first kappa shape index (κ1) is 27.5. The number of anilines is 4. The van der Waals surface area contributed by atoms with Crippen molar-refractivity contribution in [1.29, 1.82) is 0 Å². The van der Waals surface area contributed by atoms with Crippen molar-refractivity contribution in [2.45, 2.75) is 32.7 Å². The Morgan fingerprint density at radius 1 is 1.24 bits per heavy atom. The molecule has 1 aromatic carbocycles. The van der Waals surface area contributed by atoms with Gasteiger partial charge in [-0.3, -0.25) is 4.79 Å². The predicted octanol–water partition coefficient (Wildman–Crippen LogP) is 5.16. The van der Waals surface area contributed by atoms with E-state index in [1.807, 2.05) is 43.8 Å². The molecule has 1 aliphatic heterocycles. The van der Waals surface area contributed by atoms with E-state index in [9.17, 15) is 4.79 Å². The maximum atomic E-state index is 12.3. The molecule has 1 aliphatic rings. The summed E-state index contributed by atoms with van der Waals surface area (Å²) in [6.45, 7) is 9.42. The Morgan fingerprint density at radius 3 is 2.53 bits per heavy atom. The van der Waals surface area contributed by atoms with E-state index in [-0.39, 0.29) is 5.91 Å². The molecular weight excluding hydrogens is 502 g/mol. The number of halogens is 1. The second kappa shape index (κ2) is 11.4. The average molecular weight is 538 g/mol. The molecule has 0 atom stereocenters. The van der Waals surface area contributed by atoms with Gasteiger partial charge in [0.1, 0.15) is 5.75 Å². The Kier molecular flexibility index (Phi) is 8.28. The summed E-state index contributed by atoms with van der Waals surface area (Å²) in [5, 5.41) is 6.71. The minimum absolute atomic E-state index is 0.286. The highest BCUT2D eigenvalue weighted by atomic mass is 35.5. The van der Waals surface area contributed by atoms with Crippen LogP contribution in [0.5, 0.6) is 5.75 Å². The first-order valence-corrected chi connectivity index (χ1v) is 13.0. The van der Waals surface area contributed by atoms with Crippen molar-refractivity contribution in [3.8, 4) is 17.0 Å². The smallest absolute Gasteiger partial charge is 0.247 e. The van der Waals surface area contributed by atoms with Crippen molar-refractivity contribution in [3.05, 3.63) is 53.5 Å². The summed E-state index contributed by atoms with van der Waals surface area (Å²) in [5.74, 6) is 0.690. The standard InChI is InChI=1S/C28H36ClN7O2/c1-8-25(37)31-21-13-22(24(38-7)14-23(21)36-11-9-19(10-12-36)34(4)5)32-28-30-15-20(29)27(33-28)26-17(2)16-35(6)18(26)3/h8,13-16,19H,1,9-12H2,2-7H3,(H,31,37)(H,30,32,33). The fourth-order valence-electron chi connectivity index (χ4n) is 5.00. The van der Waals surface area contributed by atoms with Crippen LogP contribution in [0.15, 0.2) is 37.2 Å². The number of hydrogen-bond acceptors (Lipinski definition) is 7. The van der Waals surface area contributed by atoms with Crippen LogP contribution in [0, 0.1) is 13.8 Å². The molecule has 0 spiro atoms. The molecule has 1 fully saturated rings. The third-order valence-corrected chi connectivity index (χ3v) is 7.47. The third-order valence-electron chi connectivity index (χ3n) is 7.20. The largest absolute Gasteiger partial charge is 0.494 e. The van der Waals surface area contributed by atoms with Gasteiger partial charge in [-0.2, -0.15) is 0 Å². The zero-order chi connectivity index (χ0) is 27.6. The number of methoxy groups -OCH3 is 1. The van der Waals surface area contributed by atoms with Gasteiger partial charge >= 0.3 is 0 Å². The zero-order valence-electron chi connectivity index (χ0n) is 22.9. The number of amides is 1. The average Bonchev–Trinajstić information content (AvgIpc) is 3.15. The van der Waals surface area contributed by atoms with Crippen molar-refractivity contribution in [1.82, 2.24) is 19.4 Å². The molecule has 3 heterocycles. The third kappa shape index (κ3) is 5.63. The van der Waals surface area contributed by atoms with E-state index in [1.54, 1.807) is 13.3 Å². The molecule has 9 nitrogen and oxygen atoms in total. The first-order valence-electron chi connectivity index (χ1n) is 12.6. The first-order chi connectivity index (χ1) is 18.1. The van der Waals surface area contributed by atoms with Crippen LogP contribution in [0.3, 0.4) is 0 Å². The number of aryl methyl sites for hydroxylation is 2. The predicted molar refractivity (Wildman–Crippen MR) is 155 cm³/mol. The van der Waals surface area contributed by atoms with Gasteiger partial charge in [-0.1, -0.05) is 18.2 Å². The summed E-state index contributed by atoms with van der Waals surface area (Å²) in [6, 6.07) is 4.33. The Hall–Kier alpha value is -3.56. The highest BCUT2D eigenvalue weighted by Gasteiger charge is 2.25. The Morgan fingerprint density at radius 2 is 1.95 bits per heavy atom. The van der Waals surface area contributed by atoms with Gasteiger partial charge in [0, 0.05) is 49.7 Å². The molecule has 0 radical (unpaired) electrons. The Balaban J connectivity index is 1.71. The van der Waals surface area contributed by atoms with E-state index >= 15 is 0 Å². The normalized spacial score (nSPS) is 14.1. The molecule has 4 rings (SSSR count). The number of carbonyl (C=O) groups excluding carboxylic acids is 1. The quantitative estimate of drug-likeness (QED) is 0.384. The van der Waals surface area contributed by atoms with E-state index in [0.717, 1.165) is 48.4 Å². The molecule has 1 saturated heterocycles. The monoisotopic (exact) mass is 537 g/mol. The van der Waals surface area contributed by atoms with Gasteiger partial charge in [-0.25, -0.2) is 9.97 Å². The highest BCUT2D eigenvalue weighted by Crippen LogP contribution is 2.40. The van der Waals surface area contributed by atoms with E-state index in [0.29, 0.717) is 39.8 Å². The molecule has 202 valence electrons. The molecular formula is C28H36ClN7O2. The number of benzene rings is 1. The van der Waals surface area contributed by atoms with Crippen molar-refractivity contribution in [2.75, 3.05) is 49.8 Å². The number of nitrogens with zero attached hydrogens (tertiary/aromatic N) is 5. The van der Waals surface area contributed by atoms with E-state index in [4.69, 9.17) is 21.3 Å². The van der Waals surface area contributed by atoms with Crippen molar-refractivity contribution >= 4 is 40.5 Å². The van der Waals surface area contributed by atoms with Crippen LogP contribution in [0.1, 0.15) is 24.1 Å². The fraction of sp³-hybridized carbons (Fsp3) is 0.393. The molecule has 1 amide bonds. The summed E-state index contributed by atoms with van der Waals surface area (Å²) in [6.07, 6.45) is 6.97. The highest BCUT2D eigenvalue weighted by molar-refractivity contribution is 6.33. The van der Waals surface area contributed by atoms with Gasteiger partial charge in [-0.05, 0) is 58.5 Å². The van der Waals surface area contributed by atoms with Gasteiger partial charge in [-0.15, -0.1) is 0 Å². The summed E-state index contributed by atoms with van der Waals surface area (Å²) in [7, 11) is 7.85. The lowest BCUT2D eigenvalue weighted by atomic mass is 10.0. The number of rotatable bonds is 8. The summed E-state index contributed by atoms with van der Waals surface area (Å²) in [5.41, 5.74) is 5.94. The van der Waals surface area contributed by atoms with Crippen LogP contribution in [0.4, 0.5) is 23.0 Å². The molecule has 2 N–H and O–H groups in total. The van der Waals surface area contributed by atoms with E-state index in [2.05, 4.69) is 46.1 Å². The molecule has 0 aliphatic carbocycles. The molecule has 2 aromatic heterocycles. The number of ether oxygens (including phenoxy) is 1. The molecule has 10 heteroatoms. The number of hydrogen-bond donors (Lipinski definition) is 2. The van der Waals surface area contributed by atoms with Gasteiger partial charge in [0.05, 0.1) is 41.1 Å². The number of nitrogens with one attached hydrogen (secondary N) is 2. The maximum absolute atomic E-state index is 12.3. The molecule has 3 aromatic rings. The lowest BCUT2D eigenvalue weighted by Gasteiger charge is -2.37. The van der Waals surface area contributed by atoms with Gasteiger partial charge in [0.2, 0.25) is 11.9 Å². The van der Waals surface area contributed by atoms with E-state index in [1.165, 1.54) is 6.08 Å². The zero-order valence-corrected chi connectivity index (χ0v) is 23.7. The lowest BCUT2D eigenvalue weighted by molar-refractivity contribution is -0.111. The van der Waals surface area contributed by atoms with Gasteiger partial charge in [0.15, 0.2) is 0 Å². The summed E-state index contributed by atoms with van der Waals surface area (Å²) >= 11 is 6.53. The molecule has 0 bridgehead atoms. The SMILES string of the molecule is C=CC(=O)Nc1cc(Nc2ncc(Cl)c(-c3c(C)cn(C)c3C)n2)c(OC)cc1N1CCC(N(C)C)CC1. The van der Waals surface area contributed by atoms with Crippen molar-refractivity contribution < 1.29 is 9.53 Å². The van der Waals surface area contributed by atoms with Crippen LogP contribution >= 0.6 is 11.6 Å². The van der Waals surface area contributed by atoms with Crippen LogP contribution in [-0.2, 0) is 11.8 Å². The van der Waals surface area contributed by atoms with Crippen LogP contribution in [-0.4, -0.2) is 65.7 Å². The Bertz CT molecular complexity index is 1340. The second-order valence-corrected chi connectivity index (χ2v) is 10.3. The number of carbonyl (C=O) groups is 1. The number of piperidine rings is 1. The topological polar surface area (TPSA) is 87.5 Å². The van der Waals surface area contributed by atoms with Crippen molar-refractivity contribution in [3.63, 3.8) is 0 Å². The number of aromatic nitrogens is 3. The molecule has 0 unspecified atom stereocenters.